The van der Waals surface area contributed by atoms with Crippen LogP contribution < -0.4 is 24.8 Å². The van der Waals surface area contributed by atoms with Gasteiger partial charge in [0.05, 0.1) is 26.9 Å². The van der Waals surface area contributed by atoms with E-state index in [-0.39, 0.29) is 0 Å². The molecular formula is C24H36N4O4. The SMILES string of the molecule is CCNC(=NCc1cccnc1OCCOC)NCCCc1ccc(OC)c(OCC)c1. The number of aryl methyl sites for hydroxylation is 1. The van der Waals surface area contributed by atoms with E-state index in [1.54, 1.807) is 20.4 Å². The maximum Gasteiger partial charge on any atom is 0.218 e. The van der Waals surface area contributed by atoms with Crippen LogP contribution in [0.5, 0.6) is 17.4 Å². The van der Waals surface area contributed by atoms with Crippen LogP contribution in [0.3, 0.4) is 0 Å². The van der Waals surface area contributed by atoms with E-state index < -0.39 is 0 Å². The van der Waals surface area contributed by atoms with Gasteiger partial charge in [-0.2, -0.15) is 0 Å². The molecule has 0 spiro atoms. The molecule has 2 aromatic rings. The molecule has 2 N–H and O–H groups in total. The number of nitrogens with one attached hydrogen (secondary N) is 2. The first-order chi connectivity index (χ1) is 15.7. The molecule has 1 aromatic heterocycles. The molecule has 32 heavy (non-hydrogen) atoms. The lowest BCUT2D eigenvalue weighted by molar-refractivity contribution is 0.143. The lowest BCUT2D eigenvalue weighted by Gasteiger charge is -2.13. The second-order valence-electron chi connectivity index (χ2n) is 6.95. The van der Waals surface area contributed by atoms with E-state index in [9.17, 15) is 0 Å². The van der Waals surface area contributed by atoms with Crippen LogP contribution in [0, 0.1) is 0 Å². The molecule has 176 valence electrons. The molecule has 1 heterocycles. The number of methoxy groups -OCH3 is 2. The average molecular weight is 445 g/mol. The Kier molecular flexibility index (Phi) is 11.8. The molecule has 0 saturated heterocycles. The Hall–Kier alpha value is -3.00. The molecule has 0 radical (unpaired) electrons. The Morgan fingerprint density at radius 1 is 1.03 bits per heavy atom. The molecule has 0 bridgehead atoms. The van der Waals surface area contributed by atoms with E-state index in [0.29, 0.717) is 32.2 Å². The number of aliphatic imine (C=N–C) groups is 1. The van der Waals surface area contributed by atoms with Crippen LogP contribution in [0.25, 0.3) is 0 Å². The number of hydrogen-bond acceptors (Lipinski definition) is 6. The zero-order valence-corrected chi connectivity index (χ0v) is 19.6. The van der Waals surface area contributed by atoms with Crippen molar-refractivity contribution >= 4 is 5.96 Å². The van der Waals surface area contributed by atoms with E-state index in [4.69, 9.17) is 18.9 Å². The monoisotopic (exact) mass is 444 g/mol. The third-order valence-corrected chi connectivity index (χ3v) is 4.59. The summed E-state index contributed by atoms with van der Waals surface area (Å²) in [6.45, 7) is 7.66. The van der Waals surface area contributed by atoms with Gasteiger partial charge in [0, 0.05) is 32.0 Å². The summed E-state index contributed by atoms with van der Waals surface area (Å²) < 4.78 is 21.8. The zero-order valence-electron chi connectivity index (χ0n) is 19.6. The van der Waals surface area contributed by atoms with Gasteiger partial charge in [0.2, 0.25) is 5.88 Å². The van der Waals surface area contributed by atoms with Crippen LogP contribution in [0.1, 0.15) is 31.4 Å². The van der Waals surface area contributed by atoms with Gasteiger partial charge in [0.15, 0.2) is 17.5 Å². The number of pyridine rings is 1. The maximum absolute atomic E-state index is 5.70. The third-order valence-electron chi connectivity index (χ3n) is 4.59. The Balaban J connectivity index is 1.89. The number of guanidine groups is 1. The minimum atomic E-state index is 0.457. The zero-order chi connectivity index (χ0) is 23.0. The fraction of sp³-hybridized carbons (Fsp3) is 0.500. The van der Waals surface area contributed by atoms with Crippen LogP contribution in [0.15, 0.2) is 41.5 Å². The smallest absolute Gasteiger partial charge is 0.218 e. The Labute approximate surface area is 191 Å². The maximum atomic E-state index is 5.70. The van der Waals surface area contributed by atoms with Crippen molar-refractivity contribution in [1.82, 2.24) is 15.6 Å². The van der Waals surface area contributed by atoms with Crippen LogP contribution in [0.4, 0.5) is 0 Å². The van der Waals surface area contributed by atoms with Crippen molar-refractivity contribution in [2.24, 2.45) is 4.99 Å². The van der Waals surface area contributed by atoms with Gasteiger partial charge in [0.1, 0.15) is 6.61 Å². The molecule has 0 amide bonds. The van der Waals surface area contributed by atoms with Gasteiger partial charge in [-0.05, 0) is 50.5 Å². The second-order valence-corrected chi connectivity index (χ2v) is 6.95. The van der Waals surface area contributed by atoms with Gasteiger partial charge in [-0.25, -0.2) is 9.98 Å². The summed E-state index contributed by atoms with van der Waals surface area (Å²) in [6, 6.07) is 9.95. The molecule has 0 saturated carbocycles. The topological polar surface area (TPSA) is 86.2 Å². The fourth-order valence-corrected chi connectivity index (χ4v) is 3.05. The van der Waals surface area contributed by atoms with Crippen molar-refractivity contribution in [3.8, 4) is 17.4 Å². The molecule has 0 unspecified atom stereocenters. The minimum Gasteiger partial charge on any atom is -0.493 e. The van der Waals surface area contributed by atoms with Gasteiger partial charge in [-0.15, -0.1) is 0 Å². The molecular weight excluding hydrogens is 408 g/mol. The normalized spacial score (nSPS) is 11.2. The molecule has 0 aliphatic carbocycles. The van der Waals surface area contributed by atoms with Crippen molar-refractivity contribution in [3.63, 3.8) is 0 Å². The summed E-state index contributed by atoms with van der Waals surface area (Å²) in [5, 5.41) is 6.68. The van der Waals surface area contributed by atoms with Gasteiger partial charge in [-0.3, -0.25) is 0 Å². The summed E-state index contributed by atoms with van der Waals surface area (Å²) in [4.78, 5) is 8.99. The average Bonchev–Trinajstić information content (AvgIpc) is 2.81. The van der Waals surface area contributed by atoms with Crippen molar-refractivity contribution in [2.75, 3.05) is 47.1 Å². The Morgan fingerprint density at radius 2 is 1.91 bits per heavy atom. The Morgan fingerprint density at radius 3 is 2.66 bits per heavy atom. The van der Waals surface area contributed by atoms with Gasteiger partial charge in [-0.1, -0.05) is 12.1 Å². The number of rotatable bonds is 14. The number of hydrogen-bond donors (Lipinski definition) is 2. The lowest BCUT2D eigenvalue weighted by Crippen LogP contribution is -2.37. The predicted molar refractivity (Wildman–Crippen MR) is 127 cm³/mol. The summed E-state index contributed by atoms with van der Waals surface area (Å²) in [5.41, 5.74) is 2.15. The van der Waals surface area contributed by atoms with E-state index >= 15 is 0 Å². The van der Waals surface area contributed by atoms with Gasteiger partial charge in [0.25, 0.3) is 0 Å². The van der Waals surface area contributed by atoms with E-state index in [1.807, 2.05) is 32.0 Å². The number of aromatic nitrogens is 1. The minimum absolute atomic E-state index is 0.457. The summed E-state index contributed by atoms with van der Waals surface area (Å²) >= 11 is 0. The molecule has 0 fully saturated rings. The highest BCUT2D eigenvalue weighted by Gasteiger charge is 2.07. The van der Waals surface area contributed by atoms with Crippen molar-refractivity contribution in [3.05, 3.63) is 47.7 Å². The van der Waals surface area contributed by atoms with Crippen LogP contribution in [-0.2, 0) is 17.7 Å². The summed E-state index contributed by atoms with van der Waals surface area (Å²) in [5.74, 6) is 2.91. The first kappa shape index (κ1) is 25.3. The van der Waals surface area contributed by atoms with Crippen molar-refractivity contribution in [2.45, 2.75) is 33.2 Å². The first-order valence-electron chi connectivity index (χ1n) is 11.1. The standard InChI is InChI=1S/C24H36N4O4/c1-5-25-24(28-18-20-10-8-13-26-23(20)32-16-15-29-3)27-14-7-9-19-11-12-21(30-4)22(17-19)31-6-2/h8,10-13,17H,5-7,9,14-16,18H2,1-4H3,(H2,25,27,28). The van der Waals surface area contributed by atoms with Crippen LogP contribution in [-0.4, -0.2) is 58.1 Å². The third kappa shape index (κ3) is 8.63. The quantitative estimate of drug-likeness (QED) is 0.263. The highest BCUT2D eigenvalue weighted by molar-refractivity contribution is 5.79. The fourth-order valence-electron chi connectivity index (χ4n) is 3.05. The molecule has 0 atom stereocenters. The molecule has 1 aromatic carbocycles. The molecule has 0 aliphatic heterocycles. The predicted octanol–water partition coefficient (Wildman–Crippen LogP) is 3.20. The number of benzene rings is 1. The second kappa shape index (κ2) is 14.9. The summed E-state index contributed by atoms with van der Waals surface area (Å²) in [6.07, 6.45) is 3.60. The Bertz CT molecular complexity index is 829. The largest absolute Gasteiger partial charge is 0.493 e. The highest BCUT2D eigenvalue weighted by atomic mass is 16.5. The van der Waals surface area contributed by atoms with Crippen molar-refractivity contribution in [1.29, 1.82) is 0 Å². The van der Waals surface area contributed by atoms with Crippen LogP contribution in [0.2, 0.25) is 0 Å². The number of ether oxygens (including phenoxy) is 4. The summed E-state index contributed by atoms with van der Waals surface area (Å²) in [7, 11) is 3.30. The molecule has 8 heteroatoms. The van der Waals surface area contributed by atoms with E-state index in [0.717, 1.165) is 49.0 Å². The van der Waals surface area contributed by atoms with E-state index in [1.165, 1.54) is 5.56 Å². The molecule has 2 rings (SSSR count). The highest BCUT2D eigenvalue weighted by Crippen LogP contribution is 2.28. The molecule has 8 nitrogen and oxygen atoms in total. The first-order valence-corrected chi connectivity index (χ1v) is 11.1. The van der Waals surface area contributed by atoms with Gasteiger partial charge >= 0.3 is 0 Å². The van der Waals surface area contributed by atoms with Crippen LogP contribution >= 0.6 is 0 Å². The van der Waals surface area contributed by atoms with Gasteiger partial charge < -0.3 is 29.6 Å². The molecule has 0 aliphatic rings. The number of nitrogens with zero attached hydrogens (tertiary/aromatic N) is 2. The lowest BCUT2D eigenvalue weighted by atomic mass is 10.1. The van der Waals surface area contributed by atoms with Crippen molar-refractivity contribution < 1.29 is 18.9 Å². The van der Waals surface area contributed by atoms with E-state index in [2.05, 4.69) is 32.7 Å².